The minimum Gasteiger partial charge on any atom is -0.332 e. The Hall–Kier alpha value is -1.74. The highest BCUT2D eigenvalue weighted by atomic mass is 79.9. The molecule has 2 nitrogen and oxygen atoms in total. The molecule has 0 saturated carbocycles. The summed E-state index contributed by atoms with van der Waals surface area (Å²) in [6.45, 7) is 0. The summed E-state index contributed by atoms with van der Waals surface area (Å²) in [4.78, 5) is 0. The smallest absolute Gasteiger partial charge is 0.200 e. The number of benzene rings is 2. The normalized spacial score (nSPS) is 10.5. The van der Waals surface area contributed by atoms with Gasteiger partial charge in [0.15, 0.2) is 28.4 Å². The molecule has 0 aliphatic heterocycles. The van der Waals surface area contributed by atoms with E-state index in [0.717, 1.165) is 4.47 Å². The minimum atomic E-state index is -2.23. The van der Waals surface area contributed by atoms with Crippen molar-refractivity contribution >= 4 is 44.6 Å². The summed E-state index contributed by atoms with van der Waals surface area (Å²) < 4.78 is 66.8. The van der Waals surface area contributed by atoms with Crippen LogP contribution in [-0.4, -0.2) is 5.11 Å². The molecule has 0 spiro atoms. The number of hydrogen-bond acceptors (Lipinski definition) is 1. The van der Waals surface area contributed by atoms with E-state index >= 15 is 0 Å². The van der Waals surface area contributed by atoms with Gasteiger partial charge in [0.05, 0.1) is 0 Å². The third-order valence-electron chi connectivity index (χ3n) is 2.55. The van der Waals surface area contributed by atoms with Crippen LogP contribution in [0, 0.1) is 29.1 Å². The second-order valence-electron chi connectivity index (χ2n) is 4.03. The van der Waals surface area contributed by atoms with Gasteiger partial charge in [-0.05, 0) is 36.5 Å². The quantitative estimate of drug-likeness (QED) is 0.325. The molecular weight excluding hydrogens is 391 g/mol. The zero-order valence-electron chi connectivity index (χ0n) is 10.5. The van der Waals surface area contributed by atoms with Gasteiger partial charge in [0.25, 0.3) is 0 Å². The number of halogens is 6. The minimum absolute atomic E-state index is 0.328. The van der Waals surface area contributed by atoms with Crippen LogP contribution < -0.4 is 10.6 Å². The lowest BCUT2D eigenvalue weighted by Crippen LogP contribution is -2.22. The van der Waals surface area contributed by atoms with Crippen molar-refractivity contribution in [3.05, 3.63) is 57.8 Å². The molecule has 2 N–H and O–H groups in total. The first-order valence-electron chi connectivity index (χ1n) is 5.66. The van der Waals surface area contributed by atoms with Crippen LogP contribution >= 0.6 is 28.1 Å². The van der Waals surface area contributed by atoms with E-state index in [1.54, 1.807) is 24.3 Å². The van der Waals surface area contributed by atoms with E-state index in [4.69, 9.17) is 12.2 Å². The molecule has 0 radical (unpaired) electrons. The molecule has 0 bridgehead atoms. The van der Waals surface area contributed by atoms with Crippen molar-refractivity contribution in [2.24, 2.45) is 0 Å². The zero-order chi connectivity index (χ0) is 16.4. The summed E-state index contributed by atoms with van der Waals surface area (Å²) in [5.41, 5.74) is -0.754. The number of rotatable bonds is 2. The number of nitrogens with one attached hydrogen (secondary N) is 2. The highest BCUT2D eigenvalue weighted by molar-refractivity contribution is 9.10. The third kappa shape index (κ3) is 3.36. The fourth-order valence-corrected chi connectivity index (χ4v) is 2.01. The van der Waals surface area contributed by atoms with Crippen molar-refractivity contribution in [3.8, 4) is 0 Å². The van der Waals surface area contributed by atoms with E-state index in [2.05, 4.69) is 21.2 Å². The summed E-state index contributed by atoms with van der Waals surface area (Å²) in [7, 11) is 0. The van der Waals surface area contributed by atoms with Crippen LogP contribution in [0.25, 0.3) is 0 Å². The van der Waals surface area contributed by atoms with Crippen molar-refractivity contribution in [2.75, 3.05) is 10.6 Å². The molecule has 2 rings (SSSR count). The first-order valence-corrected chi connectivity index (χ1v) is 6.86. The molecule has 0 unspecified atom stereocenters. The molecule has 0 heterocycles. The Bertz CT molecular complexity index is 707. The average molecular weight is 397 g/mol. The SMILES string of the molecule is Fc1c(F)c(F)c(NC(=S)Nc2ccc(Br)cc2)c(F)c1F. The van der Waals surface area contributed by atoms with Gasteiger partial charge < -0.3 is 10.6 Å². The molecule has 0 atom stereocenters. The summed E-state index contributed by atoms with van der Waals surface area (Å²) in [5, 5.41) is 4.19. The Balaban J connectivity index is 2.24. The summed E-state index contributed by atoms with van der Waals surface area (Å²) in [6, 6.07) is 6.53. The van der Waals surface area contributed by atoms with E-state index in [0.29, 0.717) is 5.69 Å². The molecule has 0 aromatic heterocycles. The molecule has 9 heteroatoms. The van der Waals surface area contributed by atoms with Crippen LogP contribution in [0.1, 0.15) is 0 Å². The Morgan fingerprint density at radius 2 is 1.23 bits per heavy atom. The summed E-state index contributed by atoms with van der Waals surface area (Å²) >= 11 is 8.00. The molecule has 0 fully saturated rings. The third-order valence-corrected chi connectivity index (χ3v) is 3.28. The summed E-state index contributed by atoms with van der Waals surface area (Å²) in [6.07, 6.45) is 0. The van der Waals surface area contributed by atoms with Crippen LogP contribution in [0.2, 0.25) is 0 Å². The highest BCUT2D eigenvalue weighted by Crippen LogP contribution is 2.27. The average Bonchev–Trinajstić information content (AvgIpc) is 2.50. The first kappa shape index (κ1) is 16.6. The van der Waals surface area contributed by atoms with Gasteiger partial charge in [-0.25, -0.2) is 22.0 Å². The monoisotopic (exact) mass is 396 g/mol. The van der Waals surface area contributed by atoms with Crippen molar-refractivity contribution < 1.29 is 22.0 Å². The molecule has 0 aliphatic carbocycles. The van der Waals surface area contributed by atoms with E-state index in [-0.39, 0.29) is 5.11 Å². The molecule has 0 saturated heterocycles. The van der Waals surface area contributed by atoms with Gasteiger partial charge in [-0.15, -0.1) is 0 Å². The van der Waals surface area contributed by atoms with Gasteiger partial charge in [0.1, 0.15) is 5.69 Å². The van der Waals surface area contributed by atoms with Gasteiger partial charge in [-0.3, -0.25) is 0 Å². The van der Waals surface area contributed by atoms with Gasteiger partial charge in [0.2, 0.25) is 5.82 Å². The van der Waals surface area contributed by atoms with Gasteiger partial charge in [-0.1, -0.05) is 15.9 Å². The Kier molecular flexibility index (Phi) is 4.97. The van der Waals surface area contributed by atoms with Crippen molar-refractivity contribution in [2.45, 2.75) is 0 Å². The predicted octanol–water partition coefficient (Wildman–Crippen LogP) is 4.95. The molecular formula is C13H6BrF5N2S. The molecule has 2 aromatic carbocycles. The van der Waals surface area contributed by atoms with Gasteiger partial charge in [-0.2, -0.15) is 0 Å². The Morgan fingerprint density at radius 3 is 1.73 bits per heavy atom. The summed E-state index contributed by atoms with van der Waals surface area (Å²) in [5.74, 6) is -10.3. The van der Waals surface area contributed by atoms with Crippen LogP contribution in [-0.2, 0) is 0 Å². The lowest BCUT2D eigenvalue weighted by atomic mass is 10.2. The fourth-order valence-electron chi connectivity index (χ4n) is 1.52. The maximum atomic E-state index is 13.5. The Labute approximate surface area is 135 Å². The number of thiocarbonyl (C=S) groups is 1. The number of anilines is 2. The van der Waals surface area contributed by atoms with E-state index in [1.165, 1.54) is 0 Å². The van der Waals surface area contributed by atoms with E-state index in [1.807, 2.05) is 5.32 Å². The molecule has 116 valence electrons. The van der Waals surface area contributed by atoms with Crippen LogP contribution in [0.5, 0.6) is 0 Å². The van der Waals surface area contributed by atoms with Crippen molar-refractivity contribution in [3.63, 3.8) is 0 Å². The molecule has 2 aromatic rings. The first-order chi connectivity index (χ1) is 10.3. The van der Waals surface area contributed by atoms with Crippen molar-refractivity contribution in [1.29, 1.82) is 0 Å². The van der Waals surface area contributed by atoms with E-state index in [9.17, 15) is 22.0 Å². The topological polar surface area (TPSA) is 24.1 Å². The van der Waals surface area contributed by atoms with Crippen LogP contribution in [0.15, 0.2) is 28.7 Å². The van der Waals surface area contributed by atoms with Crippen LogP contribution in [0.3, 0.4) is 0 Å². The highest BCUT2D eigenvalue weighted by Gasteiger charge is 2.26. The predicted molar refractivity (Wildman–Crippen MR) is 80.2 cm³/mol. The molecule has 22 heavy (non-hydrogen) atoms. The van der Waals surface area contributed by atoms with Crippen molar-refractivity contribution in [1.82, 2.24) is 0 Å². The second kappa shape index (κ2) is 6.57. The Morgan fingerprint density at radius 1 is 0.773 bits per heavy atom. The molecule has 0 amide bonds. The van der Waals surface area contributed by atoms with Gasteiger partial charge >= 0.3 is 0 Å². The lowest BCUT2D eigenvalue weighted by Gasteiger charge is -2.13. The second-order valence-corrected chi connectivity index (χ2v) is 5.35. The standard InChI is InChI=1S/C13H6BrF5N2S/c14-5-1-3-6(4-2-5)20-13(22)21-12-10(18)8(16)7(15)9(17)11(12)19/h1-4H,(H2,20,21,22). The fraction of sp³-hybridized carbons (Fsp3) is 0. The maximum absolute atomic E-state index is 13.5. The number of hydrogen-bond donors (Lipinski definition) is 2. The maximum Gasteiger partial charge on any atom is 0.200 e. The van der Waals surface area contributed by atoms with Gasteiger partial charge in [0, 0.05) is 10.2 Å². The van der Waals surface area contributed by atoms with Crippen LogP contribution in [0.4, 0.5) is 33.3 Å². The van der Waals surface area contributed by atoms with E-state index < -0.39 is 34.8 Å². The molecule has 0 aliphatic rings. The zero-order valence-corrected chi connectivity index (χ0v) is 12.9. The lowest BCUT2D eigenvalue weighted by molar-refractivity contribution is 0.382. The largest absolute Gasteiger partial charge is 0.332 e.